The van der Waals surface area contributed by atoms with Crippen LogP contribution in [0.15, 0.2) is 34.7 Å². The maximum atomic E-state index is 11.0. The third kappa shape index (κ3) is 6.11. The first-order chi connectivity index (χ1) is 21.4. The molecule has 3 aromatic rings. The highest BCUT2D eigenvalue weighted by atomic mass is 16.7. The Bertz CT molecular complexity index is 1490. The quantitative estimate of drug-likeness (QED) is 0.142. The predicted molar refractivity (Wildman–Crippen MR) is 150 cm³/mol. The number of phenols is 3. The van der Waals surface area contributed by atoms with Crippen LogP contribution >= 0.6 is 0 Å². The van der Waals surface area contributed by atoms with Gasteiger partial charge in [0.1, 0.15) is 59.6 Å². The molecule has 2 aliphatic heterocycles. The van der Waals surface area contributed by atoms with Crippen molar-refractivity contribution in [3.05, 3.63) is 30.3 Å². The smallest absolute Gasteiger partial charge is 0.402 e. The first-order valence-electron chi connectivity index (χ1n) is 13.8. The third-order valence-electron chi connectivity index (χ3n) is 7.72. The van der Waals surface area contributed by atoms with Crippen LogP contribution in [0, 0.1) is 0 Å². The van der Waals surface area contributed by atoms with E-state index >= 15 is 0 Å². The zero-order chi connectivity index (χ0) is 32.7. The van der Waals surface area contributed by atoms with Crippen molar-refractivity contribution < 1.29 is 78.8 Å². The number of methoxy groups -OCH3 is 2. The Balaban J connectivity index is 1.50. The van der Waals surface area contributed by atoms with E-state index in [1.54, 1.807) is 0 Å². The van der Waals surface area contributed by atoms with Crippen LogP contribution in [-0.2, 0) is 14.2 Å². The second kappa shape index (κ2) is 13.0. The van der Waals surface area contributed by atoms with E-state index in [9.17, 15) is 46.0 Å². The average molecular weight is 640 g/mol. The predicted octanol–water partition coefficient (Wildman–Crippen LogP) is -0.455. The number of rotatable bonds is 8. The van der Waals surface area contributed by atoms with Crippen LogP contribution in [0.25, 0.3) is 22.3 Å². The average Bonchev–Trinajstić information content (AvgIpc) is 3.02. The summed E-state index contributed by atoms with van der Waals surface area (Å²) in [7, 11) is 2.62. The lowest BCUT2D eigenvalue weighted by Gasteiger charge is -2.45. The Labute approximate surface area is 255 Å². The van der Waals surface area contributed by atoms with E-state index in [0.29, 0.717) is 0 Å². The molecule has 0 radical (unpaired) electrons. The van der Waals surface area contributed by atoms with Gasteiger partial charge in [-0.1, -0.05) is 0 Å². The van der Waals surface area contributed by atoms with E-state index < -0.39 is 68.0 Å². The fraction of sp³-hybridized carbons (Fsp3) is 0.483. The van der Waals surface area contributed by atoms with Gasteiger partial charge < -0.3 is 74.4 Å². The highest BCUT2D eigenvalue weighted by Crippen LogP contribution is 2.45. The topological polar surface area (TPSA) is 249 Å². The molecule has 0 saturated carbocycles. The normalized spacial score (nSPS) is 31.9. The lowest BCUT2D eigenvalue weighted by Crippen LogP contribution is -2.64. The lowest BCUT2D eigenvalue weighted by atomic mass is 9.97. The lowest BCUT2D eigenvalue weighted by molar-refractivity contribution is -0.349. The number of hydrogen-bond acceptors (Lipinski definition) is 15. The van der Waals surface area contributed by atoms with E-state index in [-0.39, 0.29) is 56.8 Å². The minimum Gasteiger partial charge on any atom is -0.507 e. The van der Waals surface area contributed by atoms with Crippen molar-refractivity contribution in [2.75, 3.05) is 20.8 Å². The van der Waals surface area contributed by atoms with Gasteiger partial charge in [-0.05, 0) is 6.92 Å². The molecule has 2 fully saturated rings. The molecule has 2 saturated heterocycles. The molecule has 16 heteroatoms. The Hall–Kier alpha value is -3.71. The van der Waals surface area contributed by atoms with Crippen molar-refractivity contribution in [3.63, 3.8) is 0 Å². The molecule has 9 N–H and O–H groups in total. The zero-order valence-electron chi connectivity index (χ0n) is 24.3. The van der Waals surface area contributed by atoms with Gasteiger partial charge in [0, 0.05) is 24.3 Å². The minimum atomic E-state index is -1.85. The molecule has 45 heavy (non-hydrogen) atoms. The molecule has 1 aromatic heterocycles. The Morgan fingerprint density at radius 2 is 1.40 bits per heavy atom. The third-order valence-corrected chi connectivity index (χ3v) is 7.72. The second-order valence-electron chi connectivity index (χ2n) is 10.7. The molecule has 0 spiro atoms. The van der Waals surface area contributed by atoms with E-state index in [1.807, 2.05) is 0 Å². The summed E-state index contributed by atoms with van der Waals surface area (Å²) in [5, 5.41) is 93.7. The maximum Gasteiger partial charge on any atom is 0.402 e. The molecule has 0 unspecified atom stereocenters. The van der Waals surface area contributed by atoms with Crippen molar-refractivity contribution >= 4 is 11.0 Å². The summed E-state index contributed by atoms with van der Waals surface area (Å²) < 4.78 is 39.3. The van der Waals surface area contributed by atoms with Crippen LogP contribution in [0.4, 0.5) is 0 Å². The SMILES string of the molecule is COc1cc(-c2[o+]c3cc(O)cc(O)c3cc2O[C@@H]2O[C@H](CO)[C@@H](O[C@@H]3O[C@@H](C)[C@H](O)[C@@H](O)[C@H]3O)[C@H](O)[C@H]2O)cc(OC)c1O. The summed E-state index contributed by atoms with van der Waals surface area (Å²) in [4.78, 5) is 0. The van der Waals surface area contributed by atoms with Gasteiger partial charge in [0.2, 0.25) is 17.8 Å². The maximum absolute atomic E-state index is 11.0. The molecule has 5 rings (SSSR count). The number of hydrogen-bond donors (Lipinski definition) is 9. The molecule has 0 bridgehead atoms. The minimum absolute atomic E-state index is 0.00636. The molecular formula is C29H35O16+. The van der Waals surface area contributed by atoms with Gasteiger partial charge in [-0.2, -0.15) is 0 Å². The van der Waals surface area contributed by atoms with Gasteiger partial charge in [0.15, 0.2) is 17.8 Å². The highest BCUT2D eigenvalue weighted by molar-refractivity contribution is 5.88. The fourth-order valence-electron chi connectivity index (χ4n) is 5.22. The molecule has 0 amide bonds. The van der Waals surface area contributed by atoms with Crippen molar-refractivity contribution in [1.82, 2.24) is 0 Å². The molecule has 2 aromatic carbocycles. The van der Waals surface area contributed by atoms with Crippen molar-refractivity contribution in [2.24, 2.45) is 0 Å². The Kier molecular flexibility index (Phi) is 9.41. The van der Waals surface area contributed by atoms with Crippen molar-refractivity contribution in [3.8, 4) is 45.8 Å². The number of benzene rings is 2. The van der Waals surface area contributed by atoms with Gasteiger partial charge in [0.25, 0.3) is 0 Å². The molecule has 3 heterocycles. The summed E-state index contributed by atoms with van der Waals surface area (Å²) in [5.41, 5.74) is 0.227. The fourth-order valence-corrected chi connectivity index (χ4v) is 5.22. The molecule has 2 aliphatic rings. The van der Waals surface area contributed by atoms with Gasteiger partial charge in [0.05, 0.1) is 38.6 Å². The number of ether oxygens (including phenoxy) is 6. The van der Waals surface area contributed by atoms with Crippen LogP contribution in [0.3, 0.4) is 0 Å². The standard InChI is InChI=1S/C29H34O16/c1-10-20(33)22(35)24(37)28(41-10)45-27-19(9-30)44-29(25(38)23(27)36)43-18-8-13-14(32)6-12(31)7-15(13)42-26(18)11-4-16(39-2)21(34)17(5-11)40-3/h4-8,10,19-20,22-25,27-30,33,35-38H,9H2,1-3H3,(H2-,31,32,34)/p+1/t10-,19+,20-,22+,23+,24+,25+,27+,28-,29+/m0/s1. The van der Waals surface area contributed by atoms with E-state index in [2.05, 4.69) is 0 Å². The van der Waals surface area contributed by atoms with Crippen LogP contribution in [0.5, 0.6) is 34.5 Å². The van der Waals surface area contributed by atoms with Crippen LogP contribution < -0.4 is 14.2 Å². The summed E-state index contributed by atoms with van der Waals surface area (Å²) in [6.45, 7) is 0.663. The first kappa shape index (κ1) is 32.7. The van der Waals surface area contributed by atoms with Crippen molar-refractivity contribution in [1.29, 1.82) is 0 Å². The molecule has 10 atom stereocenters. The van der Waals surface area contributed by atoms with E-state index in [1.165, 1.54) is 45.4 Å². The number of aliphatic hydroxyl groups is 6. The largest absolute Gasteiger partial charge is 0.507 e. The summed E-state index contributed by atoms with van der Waals surface area (Å²) in [6.07, 6.45) is -15.5. The highest BCUT2D eigenvalue weighted by Gasteiger charge is 2.51. The molecular weight excluding hydrogens is 604 g/mol. The second-order valence-corrected chi connectivity index (χ2v) is 10.7. The molecule has 246 valence electrons. The van der Waals surface area contributed by atoms with Crippen LogP contribution in [-0.4, -0.2) is 128 Å². The molecule has 0 aliphatic carbocycles. The van der Waals surface area contributed by atoms with Crippen molar-refractivity contribution in [2.45, 2.75) is 68.3 Å². The summed E-state index contributed by atoms with van der Waals surface area (Å²) in [6, 6.07) is 6.37. The number of aliphatic hydroxyl groups excluding tert-OH is 6. The van der Waals surface area contributed by atoms with Gasteiger partial charge in [-0.3, -0.25) is 0 Å². The number of phenolic OH excluding ortho intramolecular Hbond substituents is 3. The number of aromatic hydroxyl groups is 3. The van der Waals surface area contributed by atoms with Gasteiger partial charge in [-0.25, -0.2) is 4.42 Å². The molecule has 16 nitrogen and oxygen atoms in total. The van der Waals surface area contributed by atoms with E-state index in [0.717, 1.165) is 6.07 Å². The van der Waals surface area contributed by atoms with Crippen LogP contribution in [0.1, 0.15) is 6.92 Å². The first-order valence-corrected chi connectivity index (χ1v) is 13.8. The van der Waals surface area contributed by atoms with E-state index in [4.69, 9.17) is 32.8 Å². The van der Waals surface area contributed by atoms with Gasteiger partial charge >= 0.3 is 11.3 Å². The Morgan fingerprint density at radius 3 is 2.02 bits per heavy atom. The van der Waals surface area contributed by atoms with Gasteiger partial charge in [-0.15, -0.1) is 0 Å². The number of fused-ring (bicyclic) bond motifs is 1. The summed E-state index contributed by atoms with van der Waals surface area (Å²) >= 11 is 0. The van der Waals surface area contributed by atoms with Crippen LogP contribution in [0.2, 0.25) is 0 Å². The summed E-state index contributed by atoms with van der Waals surface area (Å²) in [5.74, 6) is -1.25. The Morgan fingerprint density at radius 1 is 0.756 bits per heavy atom. The zero-order valence-corrected chi connectivity index (χ0v) is 24.3. The monoisotopic (exact) mass is 639 g/mol.